The van der Waals surface area contributed by atoms with Crippen molar-refractivity contribution >= 4 is 34.7 Å². The monoisotopic (exact) mass is 440 g/mol. The van der Waals surface area contributed by atoms with Crippen molar-refractivity contribution in [3.8, 4) is 5.75 Å². The molecule has 31 heavy (non-hydrogen) atoms. The number of hydrogen-bond donors (Lipinski definition) is 0. The zero-order valence-corrected chi connectivity index (χ0v) is 18.8. The van der Waals surface area contributed by atoms with Gasteiger partial charge in [0, 0.05) is 23.7 Å². The van der Waals surface area contributed by atoms with Gasteiger partial charge in [0.15, 0.2) is 0 Å². The number of halogens is 1. The molecule has 2 aromatic carbocycles. The van der Waals surface area contributed by atoms with E-state index in [-0.39, 0.29) is 24.0 Å². The van der Waals surface area contributed by atoms with E-state index in [0.717, 1.165) is 5.56 Å². The fourth-order valence-electron chi connectivity index (χ4n) is 4.35. The first-order valence-electron chi connectivity index (χ1n) is 10.2. The minimum Gasteiger partial charge on any atom is -0.496 e. The van der Waals surface area contributed by atoms with Gasteiger partial charge in [-0.15, -0.1) is 0 Å². The first kappa shape index (κ1) is 21.4. The molecule has 4 rings (SSSR count). The molecule has 7 heteroatoms. The summed E-state index contributed by atoms with van der Waals surface area (Å²) in [7, 11) is 1.56. The summed E-state index contributed by atoms with van der Waals surface area (Å²) in [5.41, 5.74) is 2.60. The molecule has 2 heterocycles. The van der Waals surface area contributed by atoms with E-state index in [2.05, 4.69) is 0 Å². The molecule has 0 saturated carbocycles. The van der Waals surface area contributed by atoms with Crippen LogP contribution in [0.4, 0.5) is 5.69 Å². The van der Waals surface area contributed by atoms with Crippen LogP contribution < -0.4 is 9.64 Å². The molecule has 0 radical (unpaired) electrons. The highest BCUT2D eigenvalue weighted by molar-refractivity contribution is 6.46. The second-order valence-electron chi connectivity index (χ2n) is 7.96. The largest absolute Gasteiger partial charge is 0.496 e. The van der Waals surface area contributed by atoms with Crippen molar-refractivity contribution in [2.45, 2.75) is 33.0 Å². The molecule has 2 atom stereocenters. The molecule has 0 N–H and O–H groups in total. The third-order valence-corrected chi connectivity index (χ3v) is 5.81. The number of carbonyl (C=O) groups excluding carboxylic acids is 2. The first-order valence-corrected chi connectivity index (χ1v) is 10.6. The third-order valence-electron chi connectivity index (χ3n) is 5.57. The number of morpholine rings is 1. The van der Waals surface area contributed by atoms with Crippen LogP contribution >= 0.6 is 11.6 Å². The first-order chi connectivity index (χ1) is 14.8. The molecule has 0 bridgehead atoms. The van der Waals surface area contributed by atoms with Gasteiger partial charge < -0.3 is 14.4 Å². The lowest BCUT2D eigenvalue weighted by molar-refractivity contribution is -0.121. The number of benzene rings is 2. The summed E-state index contributed by atoms with van der Waals surface area (Å²) in [6.45, 7) is 6.81. The topological polar surface area (TPSA) is 59.1 Å². The Morgan fingerprint density at radius 1 is 1.03 bits per heavy atom. The fraction of sp³-hybridized carbons (Fsp3) is 0.333. The maximum absolute atomic E-state index is 13.7. The molecular weight excluding hydrogens is 416 g/mol. The number of anilines is 1. The molecule has 1 saturated heterocycles. The van der Waals surface area contributed by atoms with Gasteiger partial charge in [0.2, 0.25) is 0 Å². The van der Waals surface area contributed by atoms with Crippen molar-refractivity contribution in [2.24, 2.45) is 0 Å². The van der Waals surface area contributed by atoms with Crippen LogP contribution in [0.15, 0.2) is 48.2 Å². The highest BCUT2D eigenvalue weighted by atomic mass is 35.5. The number of nitrogens with zero attached hydrogens (tertiary/aromatic N) is 2. The Labute approximate surface area is 187 Å². The second kappa shape index (κ2) is 8.36. The van der Waals surface area contributed by atoms with Crippen LogP contribution in [-0.4, -0.2) is 49.1 Å². The van der Waals surface area contributed by atoms with E-state index >= 15 is 0 Å². The van der Waals surface area contributed by atoms with Crippen molar-refractivity contribution in [2.75, 3.05) is 25.1 Å². The van der Waals surface area contributed by atoms with Crippen LogP contribution in [0.2, 0.25) is 5.02 Å². The van der Waals surface area contributed by atoms with Crippen LogP contribution in [0.5, 0.6) is 5.75 Å². The molecule has 162 valence electrons. The summed E-state index contributed by atoms with van der Waals surface area (Å²) >= 11 is 6.11. The standard InChI is InChI=1S/C24H25ClN2O4/c1-14-11-17(25)9-10-19(14)27-23(28)21(18-7-5-6-8-20(18)30-4)22(24(27)29)26-12-15(2)31-16(3)13-26/h5-11,15-16H,12-13H2,1-4H3. The van der Waals surface area contributed by atoms with Gasteiger partial charge >= 0.3 is 0 Å². The quantitative estimate of drug-likeness (QED) is 0.671. The van der Waals surface area contributed by atoms with Gasteiger partial charge in [-0.2, -0.15) is 0 Å². The number of amides is 2. The predicted molar refractivity (Wildman–Crippen MR) is 120 cm³/mol. The summed E-state index contributed by atoms with van der Waals surface area (Å²) in [6, 6.07) is 12.4. The Morgan fingerprint density at radius 3 is 2.35 bits per heavy atom. The summed E-state index contributed by atoms with van der Waals surface area (Å²) in [5, 5.41) is 0.550. The van der Waals surface area contributed by atoms with Crippen molar-refractivity contribution in [3.05, 3.63) is 64.3 Å². The molecule has 0 spiro atoms. The Morgan fingerprint density at radius 2 is 1.71 bits per heavy atom. The van der Waals surface area contributed by atoms with E-state index in [1.54, 1.807) is 31.4 Å². The SMILES string of the molecule is COc1ccccc1C1=C(N2CC(C)OC(C)C2)C(=O)N(c2ccc(Cl)cc2C)C1=O. The van der Waals surface area contributed by atoms with E-state index < -0.39 is 0 Å². The summed E-state index contributed by atoms with van der Waals surface area (Å²) in [6.07, 6.45) is -0.131. The molecule has 6 nitrogen and oxygen atoms in total. The number of aryl methyl sites for hydroxylation is 1. The van der Waals surface area contributed by atoms with Crippen molar-refractivity contribution in [1.29, 1.82) is 0 Å². The Balaban J connectivity index is 1.89. The zero-order valence-electron chi connectivity index (χ0n) is 18.0. The third kappa shape index (κ3) is 3.82. The van der Waals surface area contributed by atoms with Gasteiger partial charge in [-0.1, -0.05) is 29.8 Å². The van der Waals surface area contributed by atoms with Crippen LogP contribution in [0.3, 0.4) is 0 Å². The Hall–Kier alpha value is -2.83. The van der Waals surface area contributed by atoms with Crippen molar-refractivity contribution < 1.29 is 19.1 Å². The molecule has 2 aliphatic rings. The minimum atomic E-state index is -0.373. The van der Waals surface area contributed by atoms with Gasteiger partial charge in [-0.25, -0.2) is 4.90 Å². The van der Waals surface area contributed by atoms with Gasteiger partial charge in [-0.05, 0) is 50.6 Å². The maximum atomic E-state index is 13.7. The van der Waals surface area contributed by atoms with Gasteiger partial charge in [0.25, 0.3) is 11.8 Å². The smallest absolute Gasteiger partial charge is 0.282 e. The van der Waals surface area contributed by atoms with E-state index in [0.29, 0.717) is 46.4 Å². The normalized spacial score (nSPS) is 21.8. The number of rotatable bonds is 4. The van der Waals surface area contributed by atoms with E-state index in [9.17, 15) is 9.59 Å². The number of carbonyl (C=O) groups is 2. The zero-order chi connectivity index (χ0) is 22.3. The molecular formula is C24H25ClN2O4. The highest BCUT2D eigenvalue weighted by Crippen LogP contribution is 2.40. The number of hydrogen-bond acceptors (Lipinski definition) is 5. The Kier molecular flexibility index (Phi) is 5.77. The summed E-state index contributed by atoms with van der Waals surface area (Å²) in [4.78, 5) is 30.7. The van der Waals surface area contributed by atoms with E-state index in [1.165, 1.54) is 4.90 Å². The molecule has 2 amide bonds. The van der Waals surface area contributed by atoms with Crippen molar-refractivity contribution in [3.63, 3.8) is 0 Å². The number of ether oxygens (including phenoxy) is 2. The van der Waals surface area contributed by atoms with Gasteiger partial charge in [0.05, 0.1) is 30.6 Å². The second-order valence-corrected chi connectivity index (χ2v) is 8.40. The predicted octanol–water partition coefficient (Wildman–Crippen LogP) is 4.05. The van der Waals surface area contributed by atoms with Gasteiger partial charge in [0.1, 0.15) is 11.4 Å². The van der Waals surface area contributed by atoms with Crippen molar-refractivity contribution in [1.82, 2.24) is 4.90 Å². The molecule has 2 unspecified atom stereocenters. The minimum absolute atomic E-state index is 0.0654. The van der Waals surface area contributed by atoms with E-state index in [1.807, 2.05) is 43.9 Å². The van der Waals surface area contributed by atoms with Crippen LogP contribution in [0.25, 0.3) is 5.57 Å². The Bertz CT molecular complexity index is 1070. The summed E-state index contributed by atoms with van der Waals surface area (Å²) < 4.78 is 11.4. The average molecular weight is 441 g/mol. The summed E-state index contributed by atoms with van der Waals surface area (Å²) in [5.74, 6) is -0.181. The number of imide groups is 1. The highest BCUT2D eigenvalue weighted by Gasteiger charge is 2.45. The molecule has 0 aromatic heterocycles. The lowest BCUT2D eigenvalue weighted by Gasteiger charge is -2.37. The molecule has 0 aliphatic carbocycles. The molecule has 1 fully saturated rings. The average Bonchev–Trinajstić information content (AvgIpc) is 2.97. The van der Waals surface area contributed by atoms with Crippen LogP contribution in [0.1, 0.15) is 25.0 Å². The number of methoxy groups -OCH3 is 1. The lowest BCUT2D eigenvalue weighted by atomic mass is 10.0. The number of para-hydroxylation sites is 1. The van der Waals surface area contributed by atoms with Crippen LogP contribution in [0, 0.1) is 6.92 Å². The molecule has 2 aromatic rings. The lowest BCUT2D eigenvalue weighted by Crippen LogP contribution is -2.47. The maximum Gasteiger partial charge on any atom is 0.282 e. The van der Waals surface area contributed by atoms with Gasteiger partial charge in [-0.3, -0.25) is 9.59 Å². The molecule has 2 aliphatic heterocycles. The van der Waals surface area contributed by atoms with E-state index in [4.69, 9.17) is 21.1 Å². The van der Waals surface area contributed by atoms with Crippen LogP contribution in [-0.2, 0) is 14.3 Å². The fourth-order valence-corrected chi connectivity index (χ4v) is 4.58.